The molecule has 1 aliphatic carbocycles. The maximum Gasteiger partial charge on any atom is 0.226 e. The highest BCUT2D eigenvalue weighted by Crippen LogP contribution is 2.31. The summed E-state index contributed by atoms with van der Waals surface area (Å²) in [7, 11) is 0. The van der Waals surface area contributed by atoms with Gasteiger partial charge in [-0.25, -0.2) is 4.98 Å². The first-order valence-corrected chi connectivity index (χ1v) is 10.8. The molecule has 0 unspecified atom stereocenters. The molecule has 0 bridgehead atoms. The van der Waals surface area contributed by atoms with Crippen LogP contribution in [0.5, 0.6) is 0 Å². The van der Waals surface area contributed by atoms with E-state index in [9.17, 15) is 4.79 Å². The van der Waals surface area contributed by atoms with Crippen molar-refractivity contribution in [2.24, 2.45) is 0 Å². The van der Waals surface area contributed by atoms with Crippen LogP contribution in [0, 0.1) is 0 Å². The fourth-order valence-corrected chi connectivity index (χ4v) is 4.32. The fraction of sp³-hybridized carbons (Fsp3) is 0.700. The molecule has 8 nitrogen and oxygen atoms in total. The number of likely N-dealkylation sites (tertiary alicyclic amines) is 1. The van der Waals surface area contributed by atoms with Gasteiger partial charge in [0.25, 0.3) is 0 Å². The summed E-state index contributed by atoms with van der Waals surface area (Å²) in [5, 5.41) is 6.68. The van der Waals surface area contributed by atoms with Crippen LogP contribution in [-0.4, -0.2) is 56.5 Å². The smallest absolute Gasteiger partial charge is 0.226 e. The molecule has 28 heavy (non-hydrogen) atoms. The lowest BCUT2D eigenvalue weighted by Crippen LogP contribution is -2.27. The van der Waals surface area contributed by atoms with Gasteiger partial charge in [0, 0.05) is 38.6 Å². The van der Waals surface area contributed by atoms with E-state index in [1.165, 1.54) is 32.1 Å². The van der Waals surface area contributed by atoms with Gasteiger partial charge in [0.1, 0.15) is 0 Å². The molecule has 2 aromatic heterocycles. The van der Waals surface area contributed by atoms with E-state index in [2.05, 4.69) is 25.2 Å². The van der Waals surface area contributed by atoms with Crippen molar-refractivity contribution >= 4 is 28.8 Å². The molecule has 0 radical (unpaired) electrons. The molecule has 1 amide bonds. The zero-order valence-electron chi connectivity index (χ0n) is 16.8. The van der Waals surface area contributed by atoms with Gasteiger partial charge in [0.05, 0.1) is 6.33 Å². The van der Waals surface area contributed by atoms with Crippen molar-refractivity contribution in [2.75, 3.05) is 36.8 Å². The van der Waals surface area contributed by atoms with E-state index in [1.54, 1.807) is 0 Å². The summed E-state index contributed by atoms with van der Waals surface area (Å²) in [6.07, 6.45) is 10.8. The fourth-order valence-electron chi connectivity index (χ4n) is 4.32. The second kappa shape index (κ2) is 8.75. The van der Waals surface area contributed by atoms with Crippen LogP contribution in [0.15, 0.2) is 6.33 Å². The van der Waals surface area contributed by atoms with Crippen molar-refractivity contribution in [1.82, 2.24) is 24.4 Å². The number of anilines is 2. The number of nitrogens with zero attached hydrogens (tertiary/aromatic N) is 5. The van der Waals surface area contributed by atoms with Crippen LogP contribution in [-0.2, 0) is 4.79 Å². The lowest BCUT2D eigenvalue weighted by atomic mass is 9.95. The van der Waals surface area contributed by atoms with Crippen LogP contribution in [0.3, 0.4) is 0 Å². The Morgan fingerprint density at radius 1 is 1.14 bits per heavy atom. The van der Waals surface area contributed by atoms with E-state index in [4.69, 9.17) is 4.98 Å². The van der Waals surface area contributed by atoms with Gasteiger partial charge < -0.3 is 20.1 Å². The topological polar surface area (TPSA) is 88.0 Å². The highest BCUT2D eigenvalue weighted by Gasteiger charge is 2.21. The van der Waals surface area contributed by atoms with Gasteiger partial charge in [-0.2, -0.15) is 9.97 Å². The van der Waals surface area contributed by atoms with Crippen molar-refractivity contribution in [1.29, 1.82) is 0 Å². The van der Waals surface area contributed by atoms with Crippen LogP contribution in [0.2, 0.25) is 0 Å². The second-order valence-electron chi connectivity index (χ2n) is 7.81. The van der Waals surface area contributed by atoms with Crippen molar-refractivity contribution < 1.29 is 4.79 Å². The van der Waals surface area contributed by atoms with Gasteiger partial charge in [0.15, 0.2) is 17.0 Å². The average molecular weight is 386 g/mol. The van der Waals surface area contributed by atoms with Crippen molar-refractivity contribution in [3.63, 3.8) is 0 Å². The molecule has 2 aromatic rings. The highest BCUT2D eigenvalue weighted by molar-refractivity contribution is 5.84. The standard InChI is InChI=1S/C20H31N7O/c1-2-21-20-24-18(22-11-7-13-26-12-6-10-16(26)28)17-19(25-20)27(14-23-17)15-8-4-3-5-9-15/h14-15H,2-13H2,1H3,(H2,21,22,24,25). The third-order valence-electron chi connectivity index (χ3n) is 5.79. The predicted molar refractivity (Wildman–Crippen MR) is 111 cm³/mol. The summed E-state index contributed by atoms with van der Waals surface area (Å²) < 4.78 is 2.24. The van der Waals surface area contributed by atoms with Gasteiger partial charge in [-0.1, -0.05) is 19.3 Å². The number of imidazole rings is 1. The first-order chi connectivity index (χ1) is 13.8. The summed E-state index contributed by atoms with van der Waals surface area (Å²) in [6.45, 7) is 5.28. The lowest BCUT2D eigenvalue weighted by Gasteiger charge is -2.23. The molecule has 0 atom stereocenters. The number of carbonyl (C=O) groups excluding carboxylic acids is 1. The Kier molecular flexibility index (Phi) is 5.92. The number of hydrogen-bond acceptors (Lipinski definition) is 6. The van der Waals surface area contributed by atoms with Gasteiger partial charge in [-0.05, 0) is 32.6 Å². The van der Waals surface area contributed by atoms with Gasteiger partial charge >= 0.3 is 0 Å². The van der Waals surface area contributed by atoms with Crippen LogP contribution in [0.1, 0.15) is 64.3 Å². The quantitative estimate of drug-likeness (QED) is 0.679. The number of carbonyl (C=O) groups is 1. The number of nitrogens with one attached hydrogen (secondary N) is 2. The molecule has 4 rings (SSSR count). The number of rotatable bonds is 8. The summed E-state index contributed by atoms with van der Waals surface area (Å²) in [5.41, 5.74) is 1.75. The molecule has 2 aliphatic rings. The Bertz CT molecular complexity index is 812. The van der Waals surface area contributed by atoms with Crippen molar-refractivity contribution in [2.45, 2.75) is 64.3 Å². The molecule has 152 valence electrons. The largest absolute Gasteiger partial charge is 0.368 e. The van der Waals surface area contributed by atoms with E-state index >= 15 is 0 Å². The second-order valence-corrected chi connectivity index (χ2v) is 7.81. The molecule has 1 saturated heterocycles. The normalized spacial score (nSPS) is 18.2. The van der Waals surface area contributed by atoms with Crippen LogP contribution in [0.4, 0.5) is 11.8 Å². The third-order valence-corrected chi connectivity index (χ3v) is 5.79. The SMILES string of the molecule is CCNc1nc(NCCCN2CCCC2=O)c2ncn(C3CCCCC3)c2n1. The predicted octanol–water partition coefficient (Wildman–Crippen LogP) is 3.19. The van der Waals surface area contributed by atoms with Gasteiger partial charge in [0.2, 0.25) is 11.9 Å². The molecule has 2 fully saturated rings. The molecule has 8 heteroatoms. The van der Waals surface area contributed by atoms with E-state index in [1.807, 2.05) is 18.2 Å². The molecule has 0 spiro atoms. The number of aromatic nitrogens is 4. The van der Waals surface area contributed by atoms with E-state index in [-0.39, 0.29) is 5.91 Å². The lowest BCUT2D eigenvalue weighted by molar-refractivity contribution is -0.127. The van der Waals surface area contributed by atoms with E-state index < -0.39 is 0 Å². The Morgan fingerprint density at radius 3 is 2.75 bits per heavy atom. The van der Waals surface area contributed by atoms with Crippen LogP contribution < -0.4 is 10.6 Å². The Morgan fingerprint density at radius 2 is 2.00 bits per heavy atom. The Balaban J connectivity index is 1.49. The highest BCUT2D eigenvalue weighted by atomic mass is 16.2. The zero-order valence-corrected chi connectivity index (χ0v) is 16.8. The average Bonchev–Trinajstić information content (AvgIpc) is 3.32. The Hall–Kier alpha value is -2.38. The molecule has 2 N–H and O–H groups in total. The van der Waals surface area contributed by atoms with E-state index in [0.29, 0.717) is 18.4 Å². The monoisotopic (exact) mass is 385 g/mol. The molecule has 1 saturated carbocycles. The molecule has 0 aromatic carbocycles. The minimum atomic E-state index is 0.282. The summed E-state index contributed by atoms with van der Waals surface area (Å²) in [6, 6.07) is 0.483. The Labute approximate surface area is 166 Å². The summed E-state index contributed by atoms with van der Waals surface area (Å²) in [5.74, 6) is 1.71. The molecular weight excluding hydrogens is 354 g/mol. The van der Waals surface area contributed by atoms with Gasteiger partial charge in [-0.3, -0.25) is 4.79 Å². The summed E-state index contributed by atoms with van der Waals surface area (Å²) >= 11 is 0. The zero-order chi connectivity index (χ0) is 19.3. The number of hydrogen-bond donors (Lipinski definition) is 2. The molecule has 1 aliphatic heterocycles. The van der Waals surface area contributed by atoms with Crippen molar-refractivity contribution in [3.05, 3.63) is 6.33 Å². The number of amides is 1. The maximum absolute atomic E-state index is 11.7. The third kappa shape index (κ3) is 4.05. The molecular formula is C20H31N7O. The maximum atomic E-state index is 11.7. The first kappa shape index (κ1) is 19.0. The summed E-state index contributed by atoms with van der Waals surface area (Å²) in [4.78, 5) is 27.7. The first-order valence-electron chi connectivity index (χ1n) is 10.8. The van der Waals surface area contributed by atoms with Crippen molar-refractivity contribution in [3.8, 4) is 0 Å². The minimum Gasteiger partial charge on any atom is -0.368 e. The van der Waals surface area contributed by atoms with Gasteiger partial charge in [-0.15, -0.1) is 0 Å². The minimum absolute atomic E-state index is 0.282. The number of fused-ring (bicyclic) bond motifs is 1. The molecule has 3 heterocycles. The van der Waals surface area contributed by atoms with Crippen LogP contribution in [0.25, 0.3) is 11.2 Å². The van der Waals surface area contributed by atoms with Crippen LogP contribution >= 0.6 is 0 Å². The van der Waals surface area contributed by atoms with E-state index in [0.717, 1.165) is 56.0 Å².